The van der Waals surface area contributed by atoms with Gasteiger partial charge in [0, 0.05) is 18.5 Å². The summed E-state index contributed by atoms with van der Waals surface area (Å²) in [4.78, 5) is 22.0. The number of rotatable bonds is 5. The Bertz CT molecular complexity index is 434. The predicted octanol–water partition coefficient (Wildman–Crippen LogP) is 0.116. The van der Waals surface area contributed by atoms with Gasteiger partial charge in [0.15, 0.2) is 9.84 Å². The molecule has 0 aromatic rings. The van der Waals surface area contributed by atoms with Gasteiger partial charge in [0.05, 0.1) is 11.5 Å². The van der Waals surface area contributed by atoms with E-state index < -0.39 is 21.8 Å². The third-order valence-corrected chi connectivity index (χ3v) is 4.79. The molecule has 1 rings (SSSR count). The van der Waals surface area contributed by atoms with Crippen molar-refractivity contribution in [2.24, 2.45) is 0 Å². The number of urea groups is 1. The van der Waals surface area contributed by atoms with E-state index in [2.05, 4.69) is 10.6 Å². The Morgan fingerprint density at radius 2 is 2.11 bits per heavy atom. The van der Waals surface area contributed by atoms with Crippen LogP contribution in [-0.2, 0) is 14.6 Å². The van der Waals surface area contributed by atoms with Crippen LogP contribution in [-0.4, -0.2) is 49.1 Å². The third kappa shape index (κ3) is 6.42. The maximum atomic E-state index is 11.6. The van der Waals surface area contributed by atoms with Gasteiger partial charge >= 0.3 is 12.0 Å². The SMILES string of the molecule is CC(CCC(=O)O)NC(=O)NC1CCCS(=O)(=O)C1. The molecular weight excluding hydrogens is 272 g/mol. The topological polar surface area (TPSA) is 113 Å². The fourth-order valence-electron chi connectivity index (χ4n) is 2.00. The van der Waals surface area contributed by atoms with Crippen molar-refractivity contribution in [1.82, 2.24) is 10.6 Å². The van der Waals surface area contributed by atoms with Crippen molar-refractivity contribution in [2.45, 2.75) is 44.7 Å². The molecule has 1 fully saturated rings. The molecule has 0 aromatic carbocycles. The highest BCUT2D eigenvalue weighted by Gasteiger charge is 2.26. The zero-order valence-electron chi connectivity index (χ0n) is 10.9. The lowest BCUT2D eigenvalue weighted by Crippen LogP contribution is -2.49. The summed E-state index contributed by atoms with van der Waals surface area (Å²) in [6, 6.07) is -1.07. The standard InChI is InChI=1S/C11H20N2O5S/c1-8(4-5-10(14)15)12-11(16)13-9-3-2-6-19(17,18)7-9/h8-9H,2-7H2,1H3,(H,14,15)(H2,12,13,16). The van der Waals surface area contributed by atoms with Gasteiger partial charge in [-0.25, -0.2) is 13.2 Å². The fourth-order valence-corrected chi connectivity index (χ4v) is 3.64. The van der Waals surface area contributed by atoms with Gasteiger partial charge in [0.1, 0.15) is 0 Å². The molecule has 7 nitrogen and oxygen atoms in total. The van der Waals surface area contributed by atoms with Crippen LogP contribution < -0.4 is 10.6 Å². The zero-order chi connectivity index (χ0) is 14.5. The first kappa shape index (κ1) is 15.7. The molecule has 1 saturated heterocycles. The van der Waals surface area contributed by atoms with E-state index in [0.29, 0.717) is 19.3 Å². The number of carbonyl (C=O) groups excluding carboxylic acids is 1. The summed E-state index contributed by atoms with van der Waals surface area (Å²) in [5, 5.41) is 13.7. The van der Waals surface area contributed by atoms with E-state index in [9.17, 15) is 18.0 Å². The summed E-state index contributed by atoms with van der Waals surface area (Å²) < 4.78 is 22.8. The average Bonchev–Trinajstić information content (AvgIpc) is 2.24. The Labute approximate surface area is 112 Å². The van der Waals surface area contributed by atoms with E-state index in [1.807, 2.05) is 0 Å². The lowest BCUT2D eigenvalue weighted by molar-refractivity contribution is -0.137. The van der Waals surface area contributed by atoms with Crippen LogP contribution in [0.3, 0.4) is 0 Å². The smallest absolute Gasteiger partial charge is 0.315 e. The molecule has 110 valence electrons. The Balaban J connectivity index is 2.32. The maximum absolute atomic E-state index is 11.6. The molecule has 19 heavy (non-hydrogen) atoms. The number of hydrogen-bond donors (Lipinski definition) is 3. The Morgan fingerprint density at radius 3 is 2.68 bits per heavy atom. The average molecular weight is 292 g/mol. The van der Waals surface area contributed by atoms with Crippen LogP contribution in [0.1, 0.15) is 32.6 Å². The molecule has 0 aromatic heterocycles. The van der Waals surface area contributed by atoms with Crippen molar-refractivity contribution in [3.63, 3.8) is 0 Å². The highest BCUT2D eigenvalue weighted by atomic mass is 32.2. The number of carbonyl (C=O) groups is 2. The van der Waals surface area contributed by atoms with Crippen molar-refractivity contribution in [3.05, 3.63) is 0 Å². The van der Waals surface area contributed by atoms with E-state index in [0.717, 1.165) is 0 Å². The summed E-state index contributed by atoms with van der Waals surface area (Å²) in [6.45, 7) is 1.71. The minimum atomic E-state index is -3.05. The summed E-state index contributed by atoms with van der Waals surface area (Å²) in [6.07, 6.45) is 1.53. The van der Waals surface area contributed by atoms with E-state index in [1.165, 1.54) is 0 Å². The molecule has 2 amide bonds. The van der Waals surface area contributed by atoms with Crippen LogP contribution in [0.4, 0.5) is 4.79 Å². The number of hydrogen-bond acceptors (Lipinski definition) is 4. The van der Waals surface area contributed by atoms with Crippen LogP contribution in [0, 0.1) is 0 Å². The van der Waals surface area contributed by atoms with Gasteiger partial charge in [-0.15, -0.1) is 0 Å². The second kappa shape index (κ2) is 6.74. The van der Waals surface area contributed by atoms with Crippen molar-refractivity contribution in [1.29, 1.82) is 0 Å². The molecule has 0 spiro atoms. The first-order valence-corrected chi connectivity index (χ1v) is 8.10. The normalized spacial score (nSPS) is 23.3. The maximum Gasteiger partial charge on any atom is 0.315 e. The quantitative estimate of drug-likeness (QED) is 0.666. The molecule has 1 aliphatic heterocycles. The minimum Gasteiger partial charge on any atom is -0.481 e. The molecule has 2 atom stereocenters. The highest BCUT2D eigenvalue weighted by molar-refractivity contribution is 7.91. The van der Waals surface area contributed by atoms with Gasteiger partial charge in [0.2, 0.25) is 0 Å². The second-order valence-corrected chi connectivity index (χ2v) is 7.13. The van der Waals surface area contributed by atoms with Crippen molar-refractivity contribution >= 4 is 21.8 Å². The third-order valence-electron chi connectivity index (χ3n) is 2.97. The molecule has 3 N–H and O–H groups in total. The summed E-state index contributed by atoms with van der Waals surface area (Å²) >= 11 is 0. The molecule has 0 bridgehead atoms. The number of amides is 2. The predicted molar refractivity (Wildman–Crippen MR) is 69.7 cm³/mol. The Kier molecular flexibility index (Phi) is 5.59. The van der Waals surface area contributed by atoms with E-state index in [4.69, 9.17) is 5.11 Å². The zero-order valence-corrected chi connectivity index (χ0v) is 11.7. The van der Waals surface area contributed by atoms with Crippen LogP contribution >= 0.6 is 0 Å². The van der Waals surface area contributed by atoms with E-state index >= 15 is 0 Å². The Hall–Kier alpha value is -1.31. The number of aliphatic carboxylic acids is 1. The molecule has 0 aliphatic carbocycles. The Morgan fingerprint density at radius 1 is 1.42 bits per heavy atom. The monoisotopic (exact) mass is 292 g/mol. The van der Waals surface area contributed by atoms with Gasteiger partial charge in [-0.3, -0.25) is 4.79 Å². The fraction of sp³-hybridized carbons (Fsp3) is 0.818. The number of carboxylic acid groups (broad SMARTS) is 1. The highest BCUT2D eigenvalue weighted by Crippen LogP contribution is 2.11. The van der Waals surface area contributed by atoms with Crippen LogP contribution in [0.5, 0.6) is 0 Å². The van der Waals surface area contributed by atoms with Crippen LogP contribution in [0.15, 0.2) is 0 Å². The largest absolute Gasteiger partial charge is 0.481 e. The van der Waals surface area contributed by atoms with Gasteiger partial charge < -0.3 is 15.7 Å². The number of carboxylic acids is 1. The number of nitrogens with one attached hydrogen (secondary N) is 2. The first-order valence-electron chi connectivity index (χ1n) is 6.28. The van der Waals surface area contributed by atoms with Crippen molar-refractivity contribution in [2.75, 3.05) is 11.5 Å². The van der Waals surface area contributed by atoms with Crippen molar-refractivity contribution in [3.8, 4) is 0 Å². The summed E-state index contributed by atoms with van der Waals surface area (Å²) in [5.41, 5.74) is 0. The van der Waals surface area contributed by atoms with Crippen molar-refractivity contribution < 1.29 is 23.1 Å². The van der Waals surface area contributed by atoms with E-state index in [1.54, 1.807) is 6.92 Å². The summed E-state index contributed by atoms with van der Waals surface area (Å²) in [5.74, 6) is -0.751. The van der Waals surface area contributed by atoms with Gasteiger partial charge in [0.25, 0.3) is 0 Å². The molecule has 0 radical (unpaired) electrons. The molecule has 0 saturated carbocycles. The van der Waals surface area contributed by atoms with Crippen LogP contribution in [0.2, 0.25) is 0 Å². The molecule has 8 heteroatoms. The van der Waals surface area contributed by atoms with Crippen LogP contribution in [0.25, 0.3) is 0 Å². The van der Waals surface area contributed by atoms with Gasteiger partial charge in [-0.1, -0.05) is 0 Å². The molecule has 2 unspecified atom stereocenters. The van der Waals surface area contributed by atoms with Gasteiger partial charge in [-0.2, -0.15) is 0 Å². The summed E-state index contributed by atoms with van der Waals surface area (Å²) in [7, 11) is -3.05. The minimum absolute atomic E-state index is 0.0146. The first-order chi connectivity index (χ1) is 8.78. The van der Waals surface area contributed by atoms with E-state index in [-0.39, 0.29) is 30.0 Å². The lowest BCUT2D eigenvalue weighted by Gasteiger charge is -2.24. The molecule has 1 heterocycles. The lowest BCUT2D eigenvalue weighted by atomic mass is 10.2. The second-order valence-electron chi connectivity index (χ2n) is 4.90. The molecular formula is C11H20N2O5S. The number of sulfone groups is 1. The molecule has 1 aliphatic rings. The van der Waals surface area contributed by atoms with Gasteiger partial charge in [-0.05, 0) is 26.2 Å².